The molecule has 0 heterocycles. The highest BCUT2D eigenvalue weighted by Crippen LogP contribution is 2.38. The van der Waals surface area contributed by atoms with E-state index in [0.717, 1.165) is 66.1 Å². The van der Waals surface area contributed by atoms with Gasteiger partial charge in [-0.25, -0.2) is 0 Å². The molecular formula is C42H34. The van der Waals surface area contributed by atoms with Crippen molar-refractivity contribution in [2.75, 3.05) is 0 Å². The molecule has 0 aliphatic rings. The average molecular weight is 539 g/mol. The lowest BCUT2D eigenvalue weighted by molar-refractivity contribution is 1.62. The maximum absolute atomic E-state index is 4.52. The fourth-order valence-electron chi connectivity index (χ4n) is 5.30. The molecule has 202 valence electrons. The minimum Gasteiger partial charge on any atom is -0.0991 e. The Morgan fingerprint density at radius 1 is 0.429 bits per heavy atom. The van der Waals surface area contributed by atoms with Crippen LogP contribution in [0.2, 0.25) is 0 Å². The van der Waals surface area contributed by atoms with Crippen molar-refractivity contribution in [3.63, 3.8) is 0 Å². The average Bonchev–Trinajstić information content (AvgIpc) is 3.04. The Morgan fingerprint density at radius 3 is 1.12 bits per heavy atom. The van der Waals surface area contributed by atoms with Gasteiger partial charge in [0.2, 0.25) is 0 Å². The molecule has 0 fully saturated rings. The lowest BCUT2D eigenvalue weighted by atomic mass is 9.89. The highest BCUT2D eigenvalue weighted by molar-refractivity contribution is 6.08. The van der Waals surface area contributed by atoms with Crippen LogP contribution in [-0.2, 0) is 0 Å². The Bertz CT molecular complexity index is 1770. The molecule has 0 heteroatoms. The molecule has 0 saturated carbocycles. The first-order chi connectivity index (χ1) is 20.6. The number of benzene rings is 4. The molecular weight excluding hydrogens is 504 g/mol. The van der Waals surface area contributed by atoms with Crippen LogP contribution in [-0.4, -0.2) is 0 Å². The molecule has 5 rings (SSSR count). The zero-order valence-corrected chi connectivity index (χ0v) is 23.8. The van der Waals surface area contributed by atoms with Gasteiger partial charge in [-0.05, 0) is 78.2 Å². The summed E-state index contributed by atoms with van der Waals surface area (Å²) in [7, 11) is 0. The second kappa shape index (κ2) is 13.3. The summed E-state index contributed by atoms with van der Waals surface area (Å²) >= 11 is 0. The second-order valence-corrected chi connectivity index (χ2v) is 10.0. The van der Waals surface area contributed by atoms with Gasteiger partial charge in [-0.2, -0.15) is 0 Å². The summed E-state index contributed by atoms with van der Waals surface area (Å²) in [6.07, 6.45) is 11.5. The lowest BCUT2D eigenvalue weighted by Gasteiger charge is -2.15. The van der Waals surface area contributed by atoms with E-state index in [2.05, 4.69) is 148 Å². The van der Waals surface area contributed by atoms with Crippen molar-refractivity contribution in [1.29, 1.82) is 0 Å². The lowest BCUT2D eigenvalue weighted by Crippen LogP contribution is -1.90. The Balaban J connectivity index is 2.13. The van der Waals surface area contributed by atoms with E-state index >= 15 is 0 Å². The van der Waals surface area contributed by atoms with Crippen molar-refractivity contribution in [1.82, 2.24) is 0 Å². The third kappa shape index (κ3) is 5.99. The van der Waals surface area contributed by atoms with Crippen LogP contribution in [0.3, 0.4) is 0 Å². The molecule has 0 unspecified atom stereocenters. The highest BCUT2D eigenvalue weighted by atomic mass is 14.2. The molecule has 0 radical (unpaired) electrons. The van der Waals surface area contributed by atoms with Crippen LogP contribution in [0.5, 0.6) is 0 Å². The van der Waals surface area contributed by atoms with Gasteiger partial charge in [0.05, 0.1) is 0 Å². The molecule has 0 amide bonds. The van der Waals surface area contributed by atoms with E-state index < -0.39 is 0 Å². The maximum Gasteiger partial charge on any atom is -0.00988 e. The van der Waals surface area contributed by atoms with Crippen molar-refractivity contribution in [3.8, 4) is 22.3 Å². The number of hydrogen-bond acceptors (Lipinski definition) is 0. The zero-order valence-electron chi connectivity index (χ0n) is 23.8. The van der Waals surface area contributed by atoms with Gasteiger partial charge in [0, 0.05) is 0 Å². The largest absolute Gasteiger partial charge is 0.0991 e. The normalized spacial score (nSPS) is 11.0. The predicted molar refractivity (Wildman–Crippen MR) is 187 cm³/mol. The van der Waals surface area contributed by atoms with E-state index in [1.165, 1.54) is 0 Å². The maximum atomic E-state index is 4.52. The summed E-state index contributed by atoms with van der Waals surface area (Å²) in [5, 5.41) is 4.44. The van der Waals surface area contributed by atoms with E-state index in [4.69, 9.17) is 0 Å². The molecule has 0 spiro atoms. The van der Waals surface area contributed by atoms with Crippen LogP contribution < -0.4 is 0 Å². The van der Waals surface area contributed by atoms with Crippen molar-refractivity contribution in [3.05, 3.63) is 195 Å². The monoisotopic (exact) mass is 538 g/mol. The smallest absolute Gasteiger partial charge is 0.00988 e. The van der Waals surface area contributed by atoms with Gasteiger partial charge >= 0.3 is 0 Å². The first kappa shape index (κ1) is 28.1. The van der Waals surface area contributed by atoms with Gasteiger partial charge in [-0.1, -0.05) is 172 Å². The van der Waals surface area contributed by atoms with E-state index in [9.17, 15) is 0 Å². The zero-order chi connectivity index (χ0) is 29.3. The third-order valence-electron chi connectivity index (χ3n) is 7.32. The summed E-state index contributed by atoms with van der Waals surface area (Å²) in [6.45, 7) is 16.8. The van der Waals surface area contributed by atoms with Crippen molar-refractivity contribution < 1.29 is 0 Å². The quantitative estimate of drug-likeness (QED) is 0.172. The molecule has 0 aliphatic carbocycles. The molecule has 0 bridgehead atoms. The summed E-state index contributed by atoms with van der Waals surface area (Å²) in [6, 6.07) is 42.9. The van der Waals surface area contributed by atoms with Crippen LogP contribution >= 0.6 is 0 Å². The molecule has 42 heavy (non-hydrogen) atoms. The predicted octanol–water partition coefficient (Wildman–Crippen LogP) is 12.0. The molecule has 0 N–H and O–H groups in total. The Kier molecular flexibility index (Phi) is 8.87. The van der Waals surface area contributed by atoms with Crippen molar-refractivity contribution in [2.24, 2.45) is 0 Å². The molecule has 0 atom stereocenters. The van der Waals surface area contributed by atoms with E-state index in [0.29, 0.717) is 0 Å². The molecule has 5 aromatic rings. The second-order valence-electron chi connectivity index (χ2n) is 10.0. The highest BCUT2D eigenvalue weighted by Gasteiger charge is 2.13. The Hall–Kier alpha value is -5.46. The standard InChI is InChI=1S/C42H34/c1-5-7-19-31(3)39-29-41(33-21-11-9-12-22-33)37-27-17-18-28-38(37)42(34-23-13-10-14-24-34)30-40(32(4)20-8-6-2)36-26-16-15-25-35(36)39/h5-30H,1-4H2. The van der Waals surface area contributed by atoms with E-state index in [-0.39, 0.29) is 0 Å². The van der Waals surface area contributed by atoms with Crippen molar-refractivity contribution >= 4 is 32.7 Å². The number of fused-ring (bicyclic) bond motifs is 2. The number of hydrogen-bond donors (Lipinski definition) is 0. The Labute approximate surface area is 249 Å². The Morgan fingerprint density at radius 2 is 0.762 bits per heavy atom. The van der Waals surface area contributed by atoms with E-state index in [1.807, 2.05) is 24.3 Å². The topological polar surface area (TPSA) is 0 Å². The molecule has 0 aromatic heterocycles. The summed E-state index contributed by atoms with van der Waals surface area (Å²) in [5.74, 6) is 0. The first-order valence-corrected chi connectivity index (χ1v) is 14.1. The first-order valence-electron chi connectivity index (χ1n) is 14.1. The number of allylic oxidation sites excluding steroid dienone is 8. The summed E-state index contributed by atoms with van der Waals surface area (Å²) in [4.78, 5) is 0. The van der Waals surface area contributed by atoms with Crippen LogP contribution in [0.15, 0.2) is 184 Å². The van der Waals surface area contributed by atoms with Gasteiger partial charge < -0.3 is 0 Å². The molecule has 5 aromatic carbocycles. The SMILES string of the molecule is C=CC=CC(=C)c1cc(-c2ccccc2)c2ccccc2c(-c2ccccc2)cc(C(=C)C=CC=C)c2ccccc12. The van der Waals surface area contributed by atoms with Crippen LogP contribution in [0.4, 0.5) is 0 Å². The van der Waals surface area contributed by atoms with Crippen LogP contribution in [0.25, 0.3) is 54.9 Å². The number of rotatable bonds is 8. The minimum absolute atomic E-state index is 0.896. The molecule has 0 nitrogen and oxygen atoms in total. The van der Waals surface area contributed by atoms with Gasteiger partial charge in [-0.3, -0.25) is 0 Å². The van der Waals surface area contributed by atoms with Crippen molar-refractivity contribution in [2.45, 2.75) is 0 Å². The summed E-state index contributed by atoms with van der Waals surface area (Å²) < 4.78 is 0. The van der Waals surface area contributed by atoms with Gasteiger partial charge in [0.25, 0.3) is 0 Å². The van der Waals surface area contributed by atoms with Crippen LogP contribution in [0, 0.1) is 0 Å². The fourth-order valence-corrected chi connectivity index (χ4v) is 5.30. The summed E-state index contributed by atoms with van der Waals surface area (Å²) in [5.41, 5.74) is 8.38. The molecule has 0 saturated heterocycles. The molecule has 0 aliphatic heterocycles. The van der Waals surface area contributed by atoms with Gasteiger partial charge in [-0.15, -0.1) is 0 Å². The fraction of sp³-hybridized carbons (Fsp3) is 0. The van der Waals surface area contributed by atoms with E-state index in [1.54, 1.807) is 12.2 Å². The third-order valence-corrected chi connectivity index (χ3v) is 7.32. The van der Waals surface area contributed by atoms with Gasteiger partial charge in [0.15, 0.2) is 0 Å². The minimum atomic E-state index is 0.896. The van der Waals surface area contributed by atoms with Crippen LogP contribution in [0.1, 0.15) is 11.1 Å². The van der Waals surface area contributed by atoms with Gasteiger partial charge in [0.1, 0.15) is 0 Å².